The van der Waals surface area contributed by atoms with E-state index in [0.717, 1.165) is 0 Å². The van der Waals surface area contributed by atoms with E-state index in [1.165, 1.54) is 30.2 Å². The molecule has 1 amide bonds. The van der Waals surface area contributed by atoms with Crippen molar-refractivity contribution in [3.63, 3.8) is 0 Å². The van der Waals surface area contributed by atoms with Crippen LogP contribution in [-0.4, -0.2) is 41.7 Å². The first-order chi connectivity index (χ1) is 13.6. The molecule has 0 radical (unpaired) electrons. The first-order valence-corrected chi connectivity index (χ1v) is 8.66. The number of amides is 1. The maximum atomic E-state index is 13.9. The van der Waals surface area contributed by atoms with Crippen LogP contribution in [0.25, 0.3) is 11.4 Å². The molecule has 28 heavy (non-hydrogen) atoms. The number of aromatic nitrogens is 2. The van der Waals surface area contributed by atoms with Crippen LogP contribution in [0.5, 0.6) is 11.5 Å². The van der Waals surface area contributed by atoms with E-state index in [1.54, 1.807) is 38.3 Å². The Morgan fingerprint density at radius 2 is 1.89 bits per heavy atom. The number of carbonyl (C=O) groups excluding carboxylic acids is 1. The van der Waals surface area contributed by atoms with Gasteiger partial charge in [0.25, 0.3) is 5.91 Å². The lowest BCUT2D eigenvalue weighted by Gasteiger charge is -2.19. The fraction of sp³-hybridized carbons (Fsp3) is 0.250. The molecule has 0 aliphatic rings. The third kappa shape index (κ3) is 3.95. The summed E-state index contributed by atoms with van der Waals surface area (Å²) < 4.78 is 29.7. The van der Waals surface area contributed by atoms with Crippen molar-refractivity contribution in [3.8, 4) is 22.9 Å². The molecular weight excluding hydrogens is 365 g/mol. The van der Waals surface area contributed by atoms with Crippen molar-refractivity contribution in [1.82, 2.24) is 15.0 Å². The van der Waals surface area contributed by atoms with Gasteiger partial charge in [-0.2, -0.15) is 4.98 Å². The number of carbonyl (C=O) groups is 1. The van der Waals surface area contributed by atoms with Gasteiger partial charge in [-0.3, -0.25) is 4.79 Å². The number of nitrogens with zero attached hydrogens (tertiary/aromatic N) is 3. The second-order valence-corrected chi connectivity index (χ2v) is 5.88. The molecule has 1 aromatic heterocycles. The molecule has 3 aromatic rings. The molecule has 1 heterocycles. The van der Waals surface area contributed by atoms with Gasteiger partial charge in [0.05, 0.1) is 19.8 Å². The molecule has 0 saturated heterocycles. The molecule has 0 fully saturated rings. The Labute approximate surface area is 161 Å². The number of benzene rings is 2. The van der Waals surface area contributed by atoms with Crippen LogP contribution in [0.2, 0.25) is 0 Å². The summed E-state index contributed by atoms with van der Waals surface area (Å²) in [5, 5.41) is 3.96. The normalized spacial score (nSPS) is 10.6. The van der Waals surface area contributed by atoms with E-state index < -0.39 is 11.7 Å². The van der Waals surface area contributed by atoms with Crippen molar-refractivity contribution in [2.75, 3.05) is 20.8 Å². The third-order valence-electron chi connectivity index (χ3n) is 4.21. The van der Waals surface area contributed by atoms with Gasteiger partial charge in [-0.25, -0.2) is 4.39 Å². The summed E-state index contributed by atoms with van der Waals surface area (Å²) in [6.45, 7) is 2.23. The quantitative estimate of drug-likeness (QED) is 0.619. The van der Waals surface area contributed by atoms with Gasteiger partial charge in [0.15, 0.2) is 11.5 Å². The highest BCUT2D eigenvalue weighted by Crippen LogP contribution is 2.31. The third-order valence-corrected chi connectivity index (χ3v) is 4.21. The van der Waals surface area contributed by atoms with Crippen molar-refractivity contribution in [3.05, 3.63) is 59.7 Å². The topological polar surface area (TPSA) is 77.7 Å². The molecule has 0 aliphatic carbocycles. The molecule has 2 aromatic carbocycles. The zero-order valence-electron chi connectivity index (χ0n) is 15.8. The molecule has 0 aliphatic heterocycles. The number of hydrogen-bond acceptors (Lipinski definition) is 6. The molecule has 8 heteroatoms. The van der Waals surface area contributed by atoms with E-state index in [9.17, 15) is 9.18 Å². The molecule has 3 rings (SSSR count). The summed E-state index contributed by atoms with van der Waals surface area (Å²) >= 11 is 0. The van der Waals surface area contributed by atoms with Gasteiger partial charge in [-0.15, -0.1) is 0 Å². The van der Waals surface area contributed by atoms with Gasteiger partial charge >= 0.3 is 0 Å². The van der Waals surface area contributed by atoms with Gasteiger partial charge in [0.2, 0.25) is 11.7 Å². The van der Waals surface area contributed by atoms with E-state index >= 15 is 0 Å². The molecule has 0 atom stereocenters. The van der Waals surface area contributed by atoms with Gasteiger partial charge in [-0.05, 0) is 37.3 Å². The Bertz CT molecular complexity index is 974. The number of methoxy groups -OCH3 is 2. The Hall–Kier alpha value is -3.42. The smallest absolute Gasteiger partial charge is 0.257 e. The van der Waals surface area contributed by atoms with Crippen molar-refractivity contribution in [2.24, 2.45) is 0 Å². The number of rotatable bonds is 7. The molecule has 146 valence electrons. The molecular formula is C20H20FN3O4. The second kappa shape index (κ2) is 8.51. The van der Waals surface area contributed by atoms with Gasteiger partial charge in [0.1, 0.15) is 12.4 Å². The number of ether oxygens (including phenoxy) is 2. The molecule has 0 spiro atoms. The fourth-order valence-electron chi connectivity index (χ4n) is 2.71. The highest BCUT2D eigenvalue weighted by Gasteiger charge is 2.21. The fourth-order valence-corrected chi connectivity index (χ4v) is 2.71. The summed E-state index contributed by atoms with van der Waals surface area (Å²) in [6, 6.07) is 11.1. The van der Waals surface area contributed by atoms with E-state index in [-0.39, 0.29) is 18.0 Å². The first-order valence-electron chi connectivity index (χ1n) is 8.66. The lowest BCUT2D eigenvalue weighted by molar-refractivity contribution is 0.0730. The van der Waals surface area contributed by atoms with Crippen LogP contribution in [0.4, 0.5) is 4.39 Å². The standard InChI is InChI=1S/C20H20FN3O4/c1-4-24(20(25)14-7-5-6-8-15(14)21)12-18-22-19(23-28-18)13-9-10-16(26-2)17(11-13)27-3/h5-11H,4,12H2,1-3H3. The van der Waals surface area contributed by atoms with Crippen LogP contribution in [0.1, 0.15) is 23.2 Å². The highest BCUT2D eigenvalue weighted by molar-refractivity contribution is 5.94. The summed E-state index contributed by atoms with van der Waals surface area (Å²) in [6.07, 6.45) is 0. The van der Waals surface area contributed by atoms with Crippen molar-refractivity contribution in [1.29, 1.82) is 0 Å². The van der Waals surface area contributed by atoms with Crippen LogP contribution in [0, 0.1) is 5.82 Å². The van der Waals surface area contributed by atoms with Crippen LogP contribution >= 0.6 is 0 Å². The Morgan fingerprint density at radius 3 is 2.57 bits per heavy atom. The Balaban J connectivity index is 1.80. The highest BCUT2D eigenvalue weighted by atomic mass is 19.1. The van der Waals surface area contributed by atoms with Crippen molar-refractivity contribution in [2.45, 2.75) is 13.5 Å². The Morgan fingerprint density at radius 1 is 1.14 bits per heavy atom. The van der Waals surface area contributed by atoms with Crippen LogP contribution < -0.4 is 9.47 Å². The molecule has 0 bridgehead atoms. The zero-order chi connectivity index (χ0) is 20.1. The summed E-state index contributed by atoms with van der Waals surface area (Å²) in [5.41, 5.74) is 0.681. The molecule has 7 nitrogen and oxygen atoms in total. The average molecular weight is 385 g/mol. The van der Waals surface area contributed by atoms with E-state index in [2.05, 4.69) is 10.1 Å². The maximum Gasteiger partial charge on any atom is 0.257 e. The van der Waals surface area contributed by atoms with Crippen LogP contribution in [0.15, 0.2) is 47.0 Å². The van der Waals surface area contributed by atoms with Crippen LogP contribution in [0.3, 0.4) is 0 Å². The molecule has 0 unspecified atom stereocenters. The summed E-state index contributed by atoms with van der Waals surface area (Å²) in [4.78, 5) is 18.4. The lowest BCUT2D eigenvalue weighted by Crippen LogP contribution is -2.31. The predicted molar refractivity (Wildman–Crippen MR) is 99.7 cm³/mol. The van der Waals surface area contributed by atoms with Crippen LogP contribution in [-0.2, 0) is 6.54 Å². The van der Waals surface area contributed by atoms with Gasteiger partial charge in [-0.1, -0.05) is 17.3 Å². The average Bonchev–Trinajstić information content (AvgIpc) is 3.20. The molecule has 0 saturated carbocycles. The summed E-state index contributed by atoms with van der Waals surface area (Å²) in [5.74, 6) is 0.717. The predicted octanol–water partition coefficient (Wildman–Crippen LogP) is 3.56. The number of hydrogen-bond donors (Lipinski definition) is 0. The monoisotopic (exact) mass is 385 g/mol. The minimum atomic E-state index is -0.567. The lowest BCUT2D eigenvalue weighted by atomic mass is 10.2. The van der Waals surface area contributed by atoms with Gasteiger partial charge in [0, 0.05) is 12.1 Å². The van der Waals surface area contributed by atoms with E-state index in [0.29, 0.717) is 29.4 Å². The van der Waals surface area contributed by atoms with E-state index in [4.69, 9.17) is 14.0 Å². The number of halogens is 1. The zero-order valence-corrected chi connectivity index (χ0v) is 15.8. The molecule has 0 N–H and O–H groups in total. The van der Waals surface area contributed by atoms with Gasteiger partial charge < -0.3 is 18.9 Å². The minimum absolute atomic E-state index is 0.00368. The van der Waals surface area contributed by atoms with Crippen molar-refractivity contribution >= 4 is 5.91 Å². The second-order valence-electron chi connectivity index (χ2n) is 5.88. The van der Waals surface area contributed by atoms with Crippen molar-refractivity contribution < 1.29 is 23.2 Å². The largest absolute Gasteiger partial charge is 0.493 e. The summed E-state index contributed by atoms with van der Waals surface area (Å²) in [7, 11) is 3.09. The van der Waals surface area contributed by atoms with E-state index in [1.807, 2.05) is 0 Å². The first kappa shape index (κ1) is 19.3. The minimum Gasteiger partial charge on any atom is -0.493 e. The Kier molecular flexibility index (Phi) is 5.88. The SMILES string of the molecule is CCN(Cc1nc(-c2ccc(OC)c(OC)c2)no1)C(=O)c1ccccc1F. The maximum absolute atomic E-state index is 13.9.